The van der Waals surface area contributed by atoms with E-state index in [1.54, 1.807) is 0 Å². The van der Waals surface area contributed by atoms with Crippen LogP contribution in [-0.4, -0.2) is 37.2 Å². The van der Waals surface area contributed by atoms with Crippen molar-refractivity contribution < 1.29 is 28.6 Å². The molecule has 1 unspecified atom stereocenters. The number of allylic oxidation sites excluding steroid dienone is 16. The van der Waals surface area contributed by atoms with Crippen LogP contribution in [0.2, 0.25) is 0 Å². The predicted molar refractivity (Wildman–Crippen MR) is 353 cm³/mol. The SMILES string of the molecule is CC/C=C\C/C=C\C/C=C\C/C=C\C/C=C\CCCCCCCCCCCC(=O)OCC(COC(=O)CCCCCCCCC/C=C\CCCCCCCC)OC(=O)CCCCCCCCCCC/C=C\C/C=C\CCCCCCC. The van der Waals surface area contributed by atoms with Crippen LogP contribution in [0, 0.1) is 0 Å². The van der Waals surface area contributed by atoms with Crippen molar-refractivity contribution in [2.75, 3.05) is 13.2 Å². The maximum atomic E-state index is 13.0. The van der Waals surface area contributed by atoms with Crippen LogP contribution < -0.4 is 0 Å². The summed E-state index contributed by atoms with van der Waals surface area (Å²) in [6, 6.07) is 0. The van der Waals surface area contributed by atoms with Gasteiger partial charge in [-0.1, -0.05) is 298 Å². The molecule has 81 heavy (non-hydrogen) atoms. The first-order valence-corrected chi connectivity index (χ1v) is 34.7. The van der Waals surface area contributed by atoms with E-state index < -0.39 is 6.10 Å². The van der Waals surface area contributed by atoms with Gasteiger partial charge in [-0.05, 0) is 122 Å². The monoisotopic (exact) mass is 1130 g/mol. The van der Waals surface area contributed by atoms with Crippen LogP contribution in [0.3, 0.4) is 0 Å². The van der Waals surface area contributed by atoms with Crippen LogP contribution in [0.4, 0.5) is 0 Å². The van der Waals surface area contributed by atoms with Crippen LogP contribution in [-0.2, 0) is 28.6 Å². The number of rotatable bonds is 63. The summed E-state index contributed by atoms with van der Waals surface area (Å²) < 4.78 is 17.0. The Morgan fingerprint density at radius 2 is 0.481 bits per heavy atom. The van der Waals surface area contributed by atoms with Gasteiger partial charge in [-0.2, -0.15) is 0 Å². The van der Waals surface area contributed by atoms with Crippen LogP contribution in [0.5, 0.6) is 0 Å². The average molecular weight is 1130 g/mol. The van der Waals surface area contributed by atoms with Crippen molar-refractivity contribution in [2.24, 2.45) is 0 Å². The van der Waals surface area contributed by atoms with Crippen LogP contribution in [0.1, 0.15) is 342 Å². The van der Waals surface area contributed by atoms with Gasteiger partial charge in [-0.25, -0.2) is 0 Å². The molecule has 0 aliphatic rings. The van der Waals surface area contributed by atoms with Gasteiger partial charge in [-0.3, -0.25) is 14.4 Å². The van der Waals surface area contributed by atoms with Crippen molar-refractivity contribution in [3.8, 4) is 0 Å². The minimum Gasteiger partial charge on any atom is -0.462 e. The molecule has 0 aromatic heterocycles. The molecule has 466 valence electrons. The van der Waals surface area contributed by atoms with E-state index in [-0.39, 0.29) is 31.1 Å². The van der Waals surface area contributed by atoms with E-state index in [4.69, 9.17) is 14.2 Å². The summed E-state index contributed by atoms with van der Waals surface area (Å²) in [5, 5.41) is 0. The van der Waals surface area contributed by atoms with E-state index in [0.717, 1.165) is 103 Å². The van der Waals surface area contributed by atoms with Gasteiger partial charge >= 0.3 is 17.9 Å². The highest BCUT2D eigenvalue weighted by molar-refractivity contribution is 5.71. The minimum atomic E-state index is -0.787. The van der Waals surface area contributed by atoms with E-state index in [0.29, 0.717) is 19.3 Å². The Labute approximate surface area is 502 Å². The summed E-state index contributed by atoms with van der Waals surface area (Å²) in [4.78, 5) is 38.5. The summed E-state index contributed by atoms with van der Waals surface area (Å²) >= 11 is 0. The fraction of sp³-hybridized carbons (Fsp3) is 0.747. The predicted octanol–water partition coefficient (Wildman–Crippen LogP) is 24.0. The second-order valence-corrected chi connectivity index (χ2v) is 23.1. The molecule has 0 N–H and O–H groups in total. The van der Waals surface area contributed by atoms with Gasteiger partial charge in [0.25, 0.3) is 0 Å². The molecular formula is C75H130O6. The molecule has 0 aromatic rings. The highest BCUT2D eigenvalue weighted by atomic mass is 16.6. The first-order chi connectivity index (χ1) is 40.0. The summed E-state index contributed by atoms with van der Waals surface area (Å²) in [5.74, 6) is -0.881. The standard InChI is InChI=1S/C75H130O6/c1-4-7-10-13-16-19-22-25-28-31-33-35-36-37-38-40-41-44-47-50-53-56-59-62-65-68-74(77)80-71-72(70-79-73(76)67-64-61-58-55-52-49-46-43-30-27-24-21-18-15-12-9-6-3)81-75(78)69-66-63-60-57-54-51-48-45-42-39-34-32-29-26-23-20-17-14-11-8-5-2/h7,10,16,19,23,25-28,30,32-35,37-38,72H,4-6,8-9,11-15,17-18,20-22,24,29,31,36,39-71H2,1-3H3/b10-7-,19-16-,26-23-,28-25-,30-27-,34-32-,35-33-,38-37-. The Balaban J connectivity index is 4.38. The first kappa shape index (κ1) is 77.3. The Morgan fingerprint density at radius 1 is 0.259 bits per heavy atom. The van der Waals surface area contributed by atoms with Crippen molar-refractivity contribution in [3.63, 3.8) is 0 Å². The highest BCUT2D eigenvalue weighted by Crippen LogP contribution is 2.17. The lowest BCUT2D eigenvalue weighted by molar-refractivity contribution is -0.167. The number of hydrogen-bond donors (Lipinski definition) is 0. The Morgan fingerprint density at radius 3 is 0.765 bits per heavy atom. The number of esters is 3. The van der Waals surface area contributed by atoms with Crippen molar-refractivity contribution in [1.29, 1.82) is 0 Å². The fourth-order valence-corrected chi connectivity index (χ4v) is 9.85. The van der Waals surface area contributed by atoms with Crippen molar-refractivity contribution >= 4 is 17.9 Å². The number of carbonyl (C=O) groups is 3. The summed E-state index contributed by atoms with van der Waals surface area (Å²) in [6.45, 7) is 6.54. The van der Waals surface area contributed by atoms with Gasteiger partial charge in [0.2, 0.25) is 0 Å². The van der Waals surface area contributed by atoms with Crippen molar-refractivity contribution in [3.05, 3.63) is 97.2 Å². The van der Waals surface area contributed by atoms with Gasteiger partial charge in [0.15, 0.2) is 6.10 Å². The lowest BCUT2D eigenvalue weighted by atomic mass is 10.1. The Hall–Kier alpha value is -3.67. The first-order valence-electron chi connectivity index (χ1n) is 34.7. The maximum absolute atomic E-state index is 13.0. The molecule has 0 heterocycles. The van der Waals surface area contributed by atoms with Gasteiger partial charge in [-0.15, -0.1) is 0 Å². The third kappa shape index (κ3) is 67.0. The van der Waals surface area contributed by atoms with Crippen LogP contribution in [0.25, 0.3) is 0 Å². The zero-order valence-electron chi connectivity index (χ0n) is 53.5. The summed E-state index contributed by atoms with van der Waals surface area (Å²) in [6.07, 6.45) is 92.7. The Kier molecular flexibility index (Phi) is 65.7. The topological polar surface area (TPSA) is 78.9 Å². The lowest BCUT2D eigenvalue weighted by Gasteiger charge is -2.18. The summed E-state index contributed by atoms with van der Waals surface area (Å²) in [7, 11) is 0. The molecule has 0 amide bonds. The normalized spacial score (nSPS) is 12.7. The van der Waals surface area contributed by atoms with Gasteiger partial charge < -0.3 is 14.2 Å². The second kappa shape index (κ2) is 68.8. The molecule has 1 atom stereocenters. The maximum Gasteiger partial charge on any atom is 0.306 e. The zero-order valence-corrected chi connectivity index (χ0v) is 53.5. The molecule has 0 aliphatic carbocycles. The molecular weight excluding hydrogens is 997 g/mol. The molecule has 0 saturated carbocycles. The van der Waals surface area contributed by atoms with E-state index in [9.17, 15) is 14.4 Å². The quantitative estimate of drug-likeness (QED) is 0.0261. The van der Waals surface area contributed by atoms with E-state index in [1.165, 1.54) is 199 Å². The van der Waals surface area contributed by atoms with Crippen molar-refractivity contribution in [1.82, 2.24) is 0 Å². The van der Waals surface area contributed by atoms with E-state index >= 15 is 0 Å². The van der Waals surface area contributed by atoms with Gasteiger partial charge in [0.05, 0.1) is 0 Å². The highest BCUT2D eigenvalue weighted by Gasteiger charge is 2.19. The molecule has 0 rings (SSSR count). The molecule has 0 fully saturated rings. The van der Waals surface area contributed by atoms with Crippen molar-refractivity contribution in [2.45, 2.75) is 348 Å². The van der Waals surface area contributed by atoms with Gasteiger partial charge in [0, 0.05) is 19.3 Å². The largest absolute Gasteiger partial charge is 0.462 e. The summed E-state index contributed by atoms with van der Waals surface area (Å²) in [5.41, 5.74) is 0. The Bertz CT molecular complexity index is 1580. The number of hydrogen-bond acceptors (Lipinski definition) is 6. The third-order valence-corrected chi connectivity index (χ3v) is 15.0. The molecule has 0 spiro atoms. The molecule has 6 nitrogen and oxygen atoms in total. The molecule has 0 aromatic carbocycles. The second-order valence-electron chi connectivity index (χ2n) is 23.1. The number of unbranched alkanes of at least 4 members (excludes halogenated alkanes) is 36. The molecule has 6 heteroatoms. The number of ether oxygens (including phenoxy) is 3. The van der Waals surface area contributed by atoms with E-state index in [1.807, 2.05) is 0 Å². The molecule has 0 bridgehead atoms. The smallest absolute Gasteiger partial charge is 0.306 e. The lowest BCUT2D eigenvalue weighted by Crippen LogP contribution is -2.30. The van der Waals surface area contributed by atoms with Crippen LogP contribution in [0.15, 0.2) is 97.2 Å². The van der Waals surface area contributed by atoms with Gasteiger partial charge in [0.1, 0.15) is 13.2 Å². The molecule has 0 radical (unpaired) electrons. The average Bonchev–Trinajstić information content (AvgIpc) is 3.47. The zero-order chi connectivity index (χ0) is 58.5. The van der Waals surface area contributed by atoms with Crippen LogP contribution >= 0.6 is 0 Å². The fourth-order valence-electron chi connectivity index (χ4n) is 9.85. The third-order valence-electron chi connectivity index (χ3n) is 15.0. The molecule has 0 aliphatic heterocycles. The number of carbonyl (C=O) groups excluding carboxylic acids is 3. The van der Waals surface area contributed by atoms with E-state index in [2.05, 4.69) is 118 Å². The minimum absolute atomic E-state index is 0.0818. The molecule has 0 saturated heterocycles.